The number of nitrogens with one attached hydrogen (secondary N) is 2. The molecule has 20 heavy (non-hydrogen) atoms. The van der Waals surface area contributed by atoms with E-state index < -0.39 is 0 Å². The normalized spacial score (nSPS) is 16.6. The van der Waals surface area contributed by atoms with E-state index in [0.717, 1.165) is 45.2 Å². The lowest BCUT2D eigenvalue weighted by molar-refractivity contribution is 0.0398. The van der Waals surface area contributed by atoms with Crippen LogP contribution in [-0.2, 0) is 4.74 Å². The number of rotatable bonds is 4. The third kappa shape index (κ3) is 2.66. The summed E-state index contributed by atoms with van der Waals surface area (Å²) in [5.41, 5.74) is 0.321. The van der Waals surface area contributed by atoms with E-state index in [4.69, 9.17) is 4.74 Å². The van der Waals surface area contributed by atoms with Gasteiger partial charge in [-0.25, -0.2) is 19.3 Å². The molecule has 0 saturated carbocycles. The van der Waals surface area contributed by atoms with Crippen LogP contribution in [0.25, 0.3) is 5.65 Å². The number of ether oxygens (including phenoxy) is 1. The van der Waals surface area contributed by atoms with E-state index in [2.05, 4.69) is 25.4 Å². The summed E-state index contributed by atoms with van der Waals surface area (Å²) >= 11 is 0. The van der Waals surface area contributed by atoms with Gasteiger partial charge in [-0.05, 0) is 6.92 Å². The monoisotopic (exact) mass is 278 g/mol. The lowest BCUT2D eigenvalue weighted by Crippen LogP contribution is -2.39. The van der Waals surface area contributed by atoms with Crippen LogP contribution in [0.2, 0.25) is 0 Å². The van der Waals surface area contributed by atoms with E-state index in [-0.39, 0.29) is 5.69 Å². The van der Waals surface area contributed by atoms with Crippen molar-refractivity contribution in [3.63, 3.8) is 0 Å². The highest BCUT2D eigenvalue weighted by molar-refractivity contribution is 5.49. The highest BCUT2D eigenvalue weighted by Crippen LogP contribution is 2.07. The number of H-pyrrole nitrogens is 1. The minimum atomic E-state index is -0.259. The van der Waals surface area contributed by atoms with E-state index in [0.29, 0.717) is 11.5 Å². The molecule has 2 aromatic rings. The highest BCUT2D eigenvalue weighted by atomic mass is 16.5. The van der Waals surface area contributed by atoms with Crippen LogP contribution >= 0.6 is 0 Å². The maximum Gasteiger partial charge on any atom is 0.349 e. The molecule has 8 nitrogen and oxygen atoms in total. The fraction of sp³-hybridized carbons (Fsp3) is 0.583. The fourth-order valence-corrected chi connectivity index (χ4v) is 2.35. The Hall–Kier alpha value is -1.93. The second-order valence-electron chi connectivity index (χ2n) is 4.79. The molecule has 3 rings (SSSR count). The van der Waals surface area contributed by atoms with Gasteiger partial charge < -0.3 is 10.1 Å². The predicted molar refractivity (Wildman–Crippen MR) is 74.1 cm³/mol. The lowest BCUT2D eigenvalue weighted by atomic mass is 10.4. The van der Waals surface area contributed by atoms with Gasteiger partial charge in [0, 0.05) is 32.2 Å². The first-order valence-electron chi connectivity index (χ1n) is 6.73. The topological polar surface area (TPSA) is 87.5 Å². The van der Waals surface area contributed by atoms with E-state index in [1.165, 1.54) is 4.40 Å². The Morgan fingerprint density at radius 1 is 1.45 bits per heavy atom. The zero-order valence-corrected chi connectivity index (χ0v) is 11.4. The molecule has 0 bridgehead atoms. The van der Waals surface area contributed by atoms with Crippen molar-refractivity contribution >= 4 is 11.5 Å². The van der Waals surface area contributed by atoms with Gasteiger partial charge in [0.15, 0.2) is 5.65 Å². The molecule has 0 atom stereocenters. The standard InChI is InChI=1S/C12H18N6O2/c1-9-14-10(8-11-15-16-12(19)18(9)11)13-2-3-17-4-6-20-7-5-17/h8,13H,2-7H2,1H3,(H,16,19). The maximum atomic E-state index is 11.5. The summed E-state index contributed by atoms with van der Waals surface area (Å²) in [6, 6.07) is 1.77. The number of morpholine rings is 1. The van der Waals surface area contributed by atoms with Gasteiger partial charge in [0.1, 0.15) is 11.6 Å². The molecule has 0 spiro atoms. The summed E-state index contributed by atoms with van der Waals surface area (Å²) in [7, 11) is 0. The average Bonchev–Trinajstić information content (AvgIpc) is 2.82. The van der Waals surface area contributed by atoms with Crippen LogP contribution in [0.1, 0.15) is 5.82 Å². The number of aryl methyl sites for hydroxylation is 1. The second kappa shape index (κ2) is 5.59. The molecular formula is C12H18N6O2. The lowest BCUT2D eigenvalue weighted by Gasteiger charge is -2.26. The summed E-state index contributed by atoms with van der Waals surface area (Å²) < 4.78 is 6.76. The first-order chi connectivity index (χ1) is 9.74. The molecule has 1 aliphatic heterocycles. The number of hydrogen-bond acceptors (Lipinski definition) is 6. The SMILES string of the molecule is Cc1nc(NCCN2CCOCC2)cc2n[nH]c(=O)n12. The largest absolute Gasteiger partial charge is 0.379 e. The van der Waals surface area contributed by atoms with Crippen molar-refractivity contribution in [2.24, 2.45) is 0 Å². The Bertz CT molecular complexity index is 643. The number of aromatic nitrogens is 4. The van der Waals surface area contributed by atoms with E-state index in [1.807, 2.05) is 0 Å². The van der Waals surface area contributed by atoms with Gasteiger partial charge in [0.2, 0.25) is 0 Å². The van der Waals surface area contributed by atoms with Crippen molar-refractivity contribution in [3.05, 3.63) is 22.4 Å². The Morgan fingerprint density at radius 3 is 3.05 bits per heavy atom. The van der Waals surface area contributed by atoms with Crippen LogP contribution < -0.4 is 11.0 Å². The number of hydrogen-bond donors (Lipinski definition) is 2. The maximum absolute atomic E-state index is 11.5. The van der Waals surface area contributed by atoms with Gasteiger partial charge in [0.05, 0.1) is 13.2 Å². The quantitative estimate of drug-likeness (QED) is 0.782. The number of anilines is 1. The van der Waals surface area contributed by atoms with Crippen molar-refractivity contribution in [1.82, 2.24) is 24.5 Å². The molecule has 0 radical (unpaired) electrons. The molecule has 1 saturated heterocycles. The van der Waals surface area contributed by atoms with Gasteiger partial charge in [-0.15, -0.1) is 0 Å². The van der Waals surface area contributed by atoms with Crippen molar-refractivity contribution in [2.45, 2.75) is 6.92 Å². The first kappa shape index (κ1) is 13.1. The van der Waals surface area contributed by atoms with Crippen molar-refractivity contribution in [3.8, 4) is 0 Å². The Balaban J connectivity index is 1.64. The minimum Gasteiger partial charge on any atom is -0.379 e. The van der Waals surface area contributed by atoms with Crippen LogP contribution in [0.5, 0.6) is 0 Å². The van der Waals surface area contributed by atoms with Gasteiger partial charge in [-0.2, -0.15) is 5.10 Å². The van der Waals surface area contributed by atoms with E-state index in [1.54, 1.807) is 13.0 Å². The summed E-state index contributed by atoms with van der Waals surface area (Å²) in [6.07, 6.45) is 0. The summed E-state index contributed by atoms with van der Waals surface area (Å²) in [5, 5.41) is 9.65. The molecule has 0 unspecified atom stereocenters. The molecule has 0 aliphatic carbocycles. The van der Waals surface area contributed by atoms with Crippen LogP contribution in [-0.4, -0.2) is 63.9 Å². The fourth-order valence-electron chi connectivity index (χ4n) is 2.35. The van der Waals surface area contributed by atoms with Gasteiger partial charge in [-0.1, -0.05) is 0 Å². The van der Waals surface area contributed by atoms with Crippen LogP contribution in [0, 0.1) is 6.92 Å². The Labute approximate surface area is 115 Å². The zero-order chi connectivity index (χ0) is 13.9. The minimum absolute atomic E-state index is 0.259. The van der Waals surface area contributed by atoms with Crippen LogP contribution in [0.15, 0.2) is 10.9 Å². The molecule has 0 amide bonds. The van der Waals surface area contributed by atoms with Gasteiger partial charge in [-0.3, -0.25) is 4.90 Å². The molecule has 2 aromatic heterocycles. The molecular weight excluding hydrogens is 260 g/mol. The molecule has 0 aromatic carbocycles. The number of fused-ring (bicyclic) bond motifs is 1. The summed E-state index contributed by atoms with van der Waals surface area (Å²) in [6.45, 7) is 7.10. The molecule has 2 N–H and O–H groups in total. The third-order valence-corrected chi connectivity index (χ3v) is 3.41. The van der Waals surface area contributed by atoms with E-state index >= 15 is 0 Å². The zero-order valence-electron chi connectivity index (χ0n) is 11.4. The highest BCUT2D eigenvalue weighted by Gasteiger charge is 2.10. The average molecular weight is 278 g/mol. The van der Waals surface area contributed by atoms with Crippen molar-refractivity contribution in [1.29, 1.82) is 0 Å². The van der Waals surface area contributed by atoms with E-state index in [9.17, 15) is 4.79 Å². The van der Waals surface area contributed by atoms with Crippen LogP contribution in [0.4, 0.5) is 5.82 Å². The summed E-state index contributed by atoms with van der Waals surface area (Å²) in [4.78, 5) is 18.2. The second-order valence-corrected chi connectivity index (χ2v) is 4.79. The molecule has 108 valence electrons. The summed E-state index contributed by atoms with van der Waals surface area (Å²) in [5.74, 6) is 1.36. The molecule has 1 aliphatic rings. The predicted octanol–water partition coefficient (Wildman–Crippen LogP) is -0.530. The van der Waals surface area contributed by atoms with Gasteiger partial charge in [0.25, 0.3) is 0 Å². The number of aromatic amines is 1. The molecule has 3 heterocycles. The molecule has 8 heteroatoms. The van der Waals surface area contributed by atoms with Crippen molar-refractivity contribution in [2.75, 3.05) is 44.7 Å². The third-order valence-electron chi connectivity index (χ3n) is 3.41. The number of nitrogens with zero attached hydrogens (tertiary/aromatic N) is 4. The van der Waals surface area contributed by atoms with Gasteiger partial charge >= 0.3 is 5.69 Å². The Morgan fingerprint density at radius 2 is 2.25 bits per heavy atom. The smallest absolute Gasteiger partial charge is 0.349 e. The molecule has 1 fully saturated rings. The van der Waals surface area contributed by atoms with Crippen LogP contribution in [0.3, 0.4) is 0 Å². The Kier molecular flexibility index (Phi) is 3.66. The van der Waals surface area contributed by atoms with Crippen molar-refractivity contribution < 1.29 is 4.74 Å². The first-order valence-corrected chi connectivity index (χ1v) is 6.73.